The molecule has 2 aromatic heterocycles. The third kappa shape index (κ3) is 2.10. The van der Waals surface area contributed by atoms with Crippen molar-refractivity contribution in [3.63, 3.8) is 0 Å². The van der Waals surface area contributed by atoms with Gasteiger partial charge in [-0.05, 0) is 25.1 Å². The van der Waals surface area contributed by atoms with E-state index in [1.165, 1.54) is 0 Å². The lowest BCUT2D eigenvalue weighted by Crippen LogP contribution is -2.07. The zero-order chi connectivity index (χ0) is 10.8. The van der Waals surface area contributed by atoms with Gasteiger partial charge >= 0.3 is 0 Å². The van der Waals surface area contributed by atoms with Crippen LogP contribution in [0.15, 0.2) is 24.4 Å². The number of nitrogens with two attached hydrogens (primary N) is 1. The SMILES string of the molecule is Cc1ccnn1Cc1nc(N)ccc1Cl. The average molecular weight is 223 g/mol. The molecular formula is C10H11ClN4. The molecule has 4 nitrogen and oxygen atoms in total. The van der Waals surface area contributed by atoms with Gasteiger partial charge in [-0.1, -0.05) is 11.6 Å². The maximum absolute atomic E-state index is 6.01. The van der Waals surface area contributed by atoms with Gasteiger partial charge in [-0.15, -0.1) is 0 Å². The van der Waals surface area contributed by atoms with Crippen LogP contribution in [0.3, 0.4) is 0 Å². The molecule has 0 spiro atoms. The Morgan fingerprint density at radius 2 is 2.20 bits per heavy atom. The second-order valence-electron chi connectivity index (χ2n) is 3.29. The van der Waals surface area contributed by atoms with E-state index in [1.807, 2.05) is 17.7 Å². The van der Waals surface area contributed by atoms with Crippen LogP contribution in [0.25, 0.3) is 0 Å². The smallest absolute Gasteiger partial charge is 0.123 e. The Hall–Kier alpha value is -1.55. The number of hydrogen-bond acceptors (Lipinski definition) is 3. The standard InChI is InChI=1S/C10H11ClN4/c1-7-4-5-13-15(7)6-9-8(11)2-3-10(12)14-9/h2-5H,6H2,1H3,(H2,12,14). The fraction of sp³-hybridized carbons (Fsp3) is 0.200. The number of halogens is 1. The van der Waals surface area contributed by atoms with E-state index in [-0.39, 0.29) is 0 Å². The van der Waals surface area contributed by atoms with Gasteiger partial charge in [-0.3, -0.25) is 4.68 Å². The predicted octanol–water partition coefficient (Wildman–Crippen LogP) is 1.87. The molecule has 0 amide bonds. The molecule has 2 N–H and O–H groups in total. The van der Waals surface area contributed by atoms with Crippen LogP contribution in [0.2, 0.25) is 5.02 Å². The van der Waals surface area contributed by atoms with Crippen molar-refractivity contribution in [3.8, 4) is 0 Å². The molecule has 0 saturated heterocycles. The number of nitrogens with zero attached hydrogens (tertiary/aromatic N) is 3. The first-order chi connectivity index (χ1) is 7.16. The topological polar surface area (TPSA) is 56.7 Å². The van der Waals surface area contributed by atoms with E-state index in [2.05, 4.69) is 10.1 Å². The van der Waals surface area contributed by atoms with Crippen LogP contribution < -0.4 is 5.73 Å². The number of pyridine rings is 1. The monoisotopic (exact) mass is 222 g/mol. The second-order valence-corrected chi connectivity index (χ2v) is 3.70. The fourth-order valence-corrected chi connectivity index (χ4v) is 1.48. The van der Waals surface area contributed by atoms with E-state index in [1.54, 1.807) is 18.3 Å². The highest BCUT2D eigenvalue weighted by Crippen LogP contribution is 2.16. The number of nitrogen functional groups attached to an aromatic ring is 1. The molecular weight excluding hydrogens is 212 g/mol. The molecule has 5 heteroatoms. The maximum Gasteiger partial charge on any atom is 0.123 e. The Kier molecular flexibility index (Phi) is 2.60. The van der Waals surface area contributed by atoms with Gasteiger partial charge in [0.25, 0.3) is 0 Å². The van der Waals surface area contributed by atoms with Crippen LogP contribution in [0.1, 0.15) is 11.4 Å². The minimum atomic E-state index is 0.471. The van der Waals surface area contributed by atoms with Crippen LogP contribution >= 0.6 is 11.6 Å². The molecule has 2 heterocycles. The third-order valence-corrected chi connectivity index (χ3v) is 2.51. The molecule has 0 fully saturated rings. The Bertz CT molecular complexity index is 478. The van der Waals surface area contributed by atoms with Crippen molar-refractivity contribution in [2.24, 2.45) is 0 Å². The summed E-state index contributed by atoms with van der Waals surface area (Å²) in [6.45, 7) is 2.52. The van der Waals surface area contributed by atoms with Crippen LogP contribution in [0.4, 0.5) is 5.82 Å². The van der Waals surface area contributed by atoms with Crippen molar-refractivity contribution < 1.29 is 0 Å². The second kappa shape index (κ2) is 3.90. The number of aromatic nitrogens is 3. The molecule has 78 valence electrons. The van der Waals surface area contributed by atoms with Gasteiger partial charge in [0.1, 0.15) is 5.82 Å². The first-order valence-corrected chi connectivity index (χ1v) is 4.94. The van der Waals surface area contributed by atoms with Crippen molar-refractivity contribution in [1.82, 2.24) is 14.8 Å². The van der Waals surface area contributed by atoms with Gasteiger partial charge in [0.2, 0.25) is 0 Å². The summed E-state index contributed by atoms with van der Waals surface area (Å²) in [7, 11) is 0. The molecule has 0 bridgehead atoms. The van der Waals surface area contributed by atoms with Crippen molar-refractivity contribution in [2.45, 2.75) is 13.5 Å². The number of hydrogen-bond donors (Lipinski definition) is 1. The van der Waals surface area contributed by atoms with Gasteiger partial charge in [0.05, 0.1) is 17.3 Å². The third-order valence-electron chi connectivity index (χ3n) is 2.17. The van der Waals surface area contributed by atoms with Crippen LogP contribution in [-0.4, -0.2) is 14.8 Å². The van der Waals surface area contributed by atoms with Gasteiger partial charge in [-0.2, -0.15) is 5.10 Å². The van der Waals surface area contributed by atoms with E-state index in [9.17, 15) is 0 Å². The van der Waals surface area contributed by atoms with Gasteiger partial charge in [0, 0.05) is 11.9 Å². The molecule has 0 aliphatic carbocycles. The molecule has 15 heavy (non-hydrogen) atoms. The zero-order valence-electron chi connectivity index (χ0n) is 8.31. The molecule has 2 rings (SSSR count). The summed E-state index contributed by atoms with van der Waals surface area (Å²) in [5, 5.41) is 4.77. The molecule has 0 radical (unpaired) electrons. The number of rotatable bonds is 2. The molecule has 0 unspecified atom stereocenters. The molecule has 0 aliphatic heterocycles. The van der Waals surface area contributed by atoms with Crippen molar-refractivity contribution in [1.29, 1.82) is 0 Å². The summed E-state index contributed by atoms with van der Waals surface area (Å²) >= 11 is 6.01. The first kappa shape index (κ1) is 9.98. The van der Waals surface area contributed by atoms with Crippen LogP contribution in [0.5, 0.6) is 0 Å². The lowest BCUT2D eigenvalue weighted by molar-refractivity contribution is 0.653. The van der Waals surface area contributed by atoms with E-state index < -0.39 is 0 Å². The normalized spacial score (nSPS) is 10.5. The molecule has 0 aliphatic rings. The van der Waals surface area contributed by atoms with Gasteiger partial charge in [0.15, 0.2) is 0 Å². The van der Waals surface area contributed by atoms with Crippen molar-refractivity contribution in [2.75, 3.05) is 5.73 Å². The van der Waals surface area contributed by atoms with Crippen molar-refractivity contribution >= 4 is 17.4 Å². The van der Waals surface area contributed by atoms with Gasteiger partial charge < -0.3 is 5.73 Å². The van der Waals surface area contributed by atoms with Crippen LogP contribution in [-0.2, 0) is 6.54 Å². The average Bonchev–Trinajstić information content (AvgIpc) is 2.58. The Morgan fingerprint density at radius 1 is 1.40 bits per heavy atom. The summed E-state index contributed by atoms with van der Waals surface area (Å²) in [6, 6.07) is 5.36. The summed E-state index contributed by atoms with van der Waals surface area (Å²) in [5.41, 5.74) is 7.40. The predicted molar refractivity (Wildman–Crippen MR) is 59.7 cm³/mol. The summed E-state index contributed by atoms with van der Waals surface area (Å²) < 4.78 is 1.83. The molecule has 0 saturated carbocycles. The highest BCUT2D eigenvalue weighted by Gasteiger charge is 2.05. The molecule has 0 atom stereocenters. The molecule has 2 aromatic rings. The Balaban J connectivity index is 2.32. The maximum atomic E-state index is 6.01. The lowest BCUT2D eigenvalue weighted by atomic mass is 10.3. The van der Waals surface area contributed by atoms with Gasteiger partial charge in [-0.25, -0.2) is 4.98 Å². The quantitative estimate of drug-likeness (QED) is 0.844. The highest BCUT2D eigenvalue weighted by atomic mass is 35.5. The zero-order valence-corrected chi connectivity index (χ0v) is 9.07. The summed E-state index contributed by atoms with van der Waals surface area (Å²) in [6.07, 6.45) is 1.75. The fourth-order valence-electron chi connectivity index (χ4n) is 1.32. The number of anilines is 1. The van der Waals surface area contributed by atoms with E-state index in [4.69, 9.17) is 17.3 Å². The Labute approximate surface area is 92.7 Å². The first-order valence-electron chi connectivity index (χ1n) is 4.56. The molecule has 0 aromatic carbocycles. The van der Waals surface area contributed by atoms with Crippen molar-refractivity contribution in [3.05, 3.63) is 40.8 Å². The van der Waals surface area contributed by atoms with E-state index in [0.717, 1.165) is 11.4 Å². The largest absolute Gasteiger partial charge is 0.384 e. The van der Waals surface area contributed by atoms with Crippen LogP contribution in [0, 0.1) is 6.92 Å². The van der Waals surface area contributed by atoms with E-state index >= 15 is 0 Å². The minimum absolute atomic E-state index is 0.471. The lowest BCUT2D eigenvalue weighted by Gasteiger charge is -2.06. The highest BCUT2D eigenvalue weighted by molar-refractivity contribution is 6.31. The van der Waals surface area contributed by atoms with E-state index in [0.29, 0.717) is 17.4 Å². The number of aryl methyl sites for hydroxylation is 1. The minimum Gasteiger partial charge on any atom is -0.384 e. The summed E-state index contributed by atoms with van der Waals surface area (Å²) in [4.78, 5) is 4.17. The Morgan fingerprint density at radius 3 is 2.87 bits per heavy atom. The summed E-state index contributed by atoms with van der Waals surface area (Å²) in [5.74, 6) is 0.471.